The highest BCUT2D eigenvalue weighted by molar-refractivity contribution is 7.92. The van der Waals surface area contributed by atoms with Crippen LogP contribution in [0.2, 0.25) is 0 Å². The van der Waals surface area contributed by atoms with Crippen molar-refractivity contribution in [3.8, 4) is 0 Å². The summed E-state index contributed by atoms with van der Waals surface area (Å²) >= 11 is 0. The van der Waals surface area contributed by atoms with Crippen molar-refractivity contribution >= 4 is 21.6 Å². The van der Waals surface area contributed by atoms with Gasteiger partial charge in [-0.3, -0.25) is 9.52 Å². The molecule has 2 fully saturated rings. The van der Waals surface area contributed by atoms with E-state index in [9.17, 15) is 13.2 Å². The summed E-state index contributed by atoms with van der Waals surface area (Å²) in [6.07, 6.45) is 5.83. The van der Waals surface area contributed by atoms with Gasteiger partial charge in [0.1, 0.15) is 0 Å². The Bertz CT molecular complexity index is 957. The number of sulfonamides is 1. The van der Waals surface area contributed by atoms with Crippen molar-refractivity contribution in [3.63, 3.8) is 0 Å². The third kappa shape index (κ3) is 4.17. The average Bonchev–Trinajstić information content (AvgIpc) is 2.75. The summed E-state index contributed by atoms with van der Waals surface area (Å²) in [6.45, 7) is 3.13. The van der Waals surface area contributed by atoms with Crippen LogP contribution < -0.4 is 4.72 Å². The van der Waals surface area contributed by atoms with Crippen molar-refractivity contribution in [2.45, 2.75) is 50.0 Å². The molecular weight excluding hydrogens is 384 g/mol. The van der Waals surface area contributed by atoms with Crippen LogP contribution in [0.5, 0.6) is 0 Å². The highest BCUT2D eigenvalue weighted by Crippen LogP contribution is 2.39. The number of hydrogen-bond acceptors (Lipinski definition) is 3. The van der Waals surface area contributed by atoms with Crippen molar-refractivity contribution in [2.24, 2.45) is 11.8 Å². The summed E-state index contributed by atoms with van der Waals surface area (Å²) in [5, 5.41) is 0. The molecule has 2 aliphatic rings. The first kappa shape index (κ1) is 20.0. The molecular formula is C23H28N2O3S. The molecule has 0 aromatic heterocycles. The van der Waals surface area contributed by atoms with Crippen LogP contribution in [-0.2, 0) is 10.0 Å². The summed E-state index contributed by atoms with van der Waals surface area (Å²) < 4.78 is 27.5. The van der Waals surface area contributed by atoms with Crippen LogP contribution >= 0.6 is 0 Å². The first-order valence-electron chi connectivity index (χ1n) is 10.4. The molecule has 6 heteroatoms. The average molecular weight is 413 g/mol. The predicted octanol–water partition coefficient (Wildman–Crippen LogP) is 4.53. The van der Waals surface area contributed by atoms with Crippen LogP contribution in [0.4, 0.5) is 5.69 Å². The minimum Gasteiger partial charge on any atom is -0.335 e. The third-order valence-corrected chi connectivity index (χ3v) is 7.83. The monoisotopic (exact) mass is 412 g/mol. The fourth-order valence-electron chi connectivity index (χ4n) is 4.83. The summed E-state index contributed by atoms with van der Waals surface area (Å²) in [5.41, 5.74) is 1.07. The number of rotatable bonds is 4. The molecule has 1 amide bonds. The number of piperidine rings is 1. The molecule has 0 bridgehead atoms. The van der Waals surface area contributed by atoms with E-state index in [1.54, 1.807) is 54.6 Å². The third-order valence-electron chi connectivity index (χ3n) is 6.44. The van der Waals surface area contributed by atoms with Gasteiger partial charge in [0.15, 0.2) is 0 Å². The van der Waals surface area contributed by atoms with Gasteiger partial charge >= 0.3 is 0 Å². The number of likely N-dealkylation sites (tertiary alicyclic amines) is 1. The van der Waals surface area contributed by atoms with Gasteiger partial charge in [0.25, 0.3) is 15.9 Å². The fraction of sp³-hybridized carbons (Fsp3) is 0.435. The molecule has 4 rings (SSSR count). The lowest BCUT2D eigenvalue weighted by atomic mass is 9.72. The second-order valence-electron chi connectivity index (χ2n) is 8.28. The second-order valence-corrected chi connectivity index (χ2v) is 9.96. The molecule has 2 aromatic rings. The van der Waals surface area contributed by atoms with Gasteiger partial charge in [-0.1, -0.05) is 38.0 Å². The van der Waals surface area contributed by atoms with E-state index in [-0.39, 0.29) is 10.8 Å². The van der Waals surface area contributed by atoms with E-state index in [4.69, 9.17) is 0 Å². The van der Waals surface area contributed by atoms with Gasteiger partial charge in [0.05, 0.1) is 4.90 Å². The molecule has 1 saturated carbocycles. The van der Waals surface area contributed by atoms with Crippen molar-refractivity contribution < 1.29 is 13.2 Å². The lowest BCUT2D eigenvalue weighted by Crippen LogP contribution is -2.52. The van der Waals surface area contributed by atoms with Gasteiger partial charge < -0.3 is 4.90 Å². The molecule has 0 radical (unpaired) electrons. The molecule has 0 spiro atoms. The van der Waals surface area contributed by atoms with E-state index in [1.165, 1.54) is 19.3 Å². The van der Waals surface area contributed by atoms with E-state index in [1.807, 2.05) is 0 Å². The molecule has 2 aromatic carbocycles. The molecule has 1 aliphatic carbocycles. The number of nitrogens with one attached hydrogen (secondary N) is 1. The van der Waals surface area contributed by atoms with Crippen LogP contribution in [0, 0.1) is 11.8 Å². The second kappa shape index (κ2) is 8.19. The van der Waals surface area contributed by atoms with Gasteiger partial charge in [0.2, 0.25) is 0 Å². The predicted molar refractivity (Wildman–Crippen MR) is 114 cm³/mol. The Morgan fingerprint density at radius 1 is 0.966 bits per heavy atom. The maximum absolute atomic E-state index is 13.2. The number of carbonyl (C=O) groups excluding carboxylic acids is 1. The molecule has 154 valence electrons. The number of benzene rings is 2. The molecule has 1 heterocycles. The molecule has 5 nitrogen and oxygen atoms in total. The summed E-state index contributed by atoms with van der Waals surface area (Å²) in [7, 11) is -3.63. The van der Waals surface area contributed by atoms with Crippen molar-refractivity contribution in [2.75, 3.05) is 11.3 Å². The molecule has 1 aliphatic heterocycles. The van der Waals surface area contributed by atoms with Crippen LogP contribution in [0.25, 0.3) is 0 Å². The number of hydrogen-bond donors (Lipinski definition) is 1. The normalized spacial score (nSPS) is 24.6. The molecule has 1 saturated heterocycles. The number of anilines is 1. The Hall–Kier alpha value is -2.34. The standard InChI is InChI=1S/C23H28N2O3S/c1-17-15-16-25(22-10-6-5-9-21(17)22)23(26)18-11-13-19(14-12-18)24-29(27,28)20-7-3-2-4-8-20/h2-4,7-8,11-14,17,21-22,24H,5-6,9-10,15-16H2,1H3/t17-,21+,22+/m1/s1. The first-order valence-corrected chi connectivity index (χ1v) is 11.9. The van der Waals surface area contributed by atoms with E-state index < -0.39 is 10.0 Å². The molecule has 3 atom stereocenters. The van der Waals surface area contributed by atoms with Crippen molar-refractivity contribution in [1.29, 1.82) is 0 Å². The quantitative estimate of drug-likeness (QED) is 0.802. The highest BCUT2D eigenvalue weighted by Gasteiger charge is 2.39. The van der Waals surface area contributed by atoms with Gasteiger partial charge in [-0.15, -0.1) is 0 Å². The summed E-state index contributed by atoms with van der Waals surface area (Å²) in [5.74, 6) is 1.35. The molecule has 0 unspecified atom stereocenters. The number of fused-ring (bicyclic) bond motifs is 1. The minimum absolute atomic E-state index is 0.0614. The zero-order valence-electron chi connectivity index (χ0n) is 16.8. The van der Waals surface area contributed by atoms with Gasteiger partial charge in [0, 0.05) is 23.8 Å². The maximum atomic E-state index is 13.2. The Labute approximate surface area is 173 Å². The van der Waals surface area contributed by atoms with Gasteiger partial charge in [-0.2, -0.15) is 0 Å². The summed E-state index contributed by atoms with van der Waals surface area (Å²) in [6, 6.07) is 15.4. The lowest BCUT2D eigenvalue weighted by Gasteiger charge is -2.47. The largest absolute Gasteiger partial charge is 0.335 e. The van der Waals surface area contributed by atoms with E-state index >= 15 is 0 Å². The van der Waals surface area contributed by atoms with Crippen LogP contribution in [0.3, 0.4) is 0 Å². The van der Waals surface area contributed by atoms with Crippen LogP contribution in [0.15, 0.2) is 59.5 Å². The zero-order valence-corrected chi connectivity index (χ0v) is 17.6. The van der Waals surface area contributed by atoms with Crippen molar-refractivity contribution in [1.82, 2.24) is 4.90 Å². The Balaban J connectivity index is 1.48. The zero-order chi connectivity index (χ0) is 20.4. The van der Waals surface area contributed by atoms with Gasteiger partial charge in [-0.25, -0.2) is 8.42 Å². The van der Waals surface area contributed by atoms with Gasteiger partial charge in [-0.05, 0) is 67.5 Å². The van der Waals surface area contributed by atoms with E-state index in [2.05, 4.69) is 16.5 Å². The Morgan fingerprint density at radius 3 is 2.38 bits per heavy atom. The number of amides is 1. The molecule has 29 heavy (non-hydrogen) atoms. The lowest BCUT2D eigenvalue weighted by molar-refractivity contribution is 0.0218. The maximum Gasteiger partial charge on any atom is 0.261 e. The topological polar surface area (TPSA) is 66.5 Å². The smallest absolute Gasteiger partial charge is 0.261 e. The van der Waals surface area contributed by atoms with Crippen LogP contribution in [0.1, 0.15) is 49.4 Å². The van der Waals surface area contributed by atoms with Crippen molar-refractivity contribution in [3.05, 3.63) is 60.2 Å². The SMILES string of the molecule is C[C@@H]1CCN(C(=O)c2ccc(NS(=O)(=O)c3ccccc3)cc2)[C@H]2CCCC[C@@H]12. The number of carbonyl (C=O) groups is 1. The Morgan fingerprint density at radius 2 is 1.66 bits per heavy atom. The minimum atomic E-state index is -3.63. The summed E-state index contributed by atoms with van der Waals surface area (Å²) in [4.78, 5) is 15.4. The van der Waals surface area contributed by atoms with E-state index in [0.717, 1.165) is 19.4 Å². The Kier molecular flexibility index (Phi) is 5.63. The fourth-order valence-corrected chi connectivity index (χ4v) is 5.91. The molecule has 1 N–H and O–H groups in total. The number of nitrogens with zero attached hydrogens (tertiary/aromatic N) is 1. The van der Waals surface area contributed by atoms with E-state index in [0.29, 0.717) is 29.1 Å². The highest BCUT2D eigenvalue weighted by atomic mass is 32.2. The first-order chi connectivity index (χ1) is 14.0. The van der Waals surface area contributed by atoms with Crippen LogP contribution in [-0.4, -0.2) is 31.8 Å².